The predicted molar refractivity (Wildman–Crippen MR) is 110 cm³/mol. The smallest absolute Gasteiger partial charge is 0.312 e. The summed E-state index contributed by atoms with van der Waals surface area (Å²) in [5.74, 6) is -0.299. The molecule has 0 aromatic carbocycles. The number of aryl methyl sites for hydroxylation is 1. The molecule has 0 saturated heterocycles. The molecule has 11 nitrogen and oxygen atoms in total. The van der Waals surface area contributed by atoms with Gasteiger partial charge in [0.25, 0.3) is 5.89 Å². The fraction of sp³-hybridized carbons (Fsp3) is 0.190. The van der Waals surface area contributed by atoms with Crippen molar-refractivity contribution in [2.45, 2.75) is 19.4 Å². The van der Waals surface area contributed by atoms with Crippen molar-refractivity contribution in [1.82, 2.24) is 44.6 Å². The Balaban J connectivity index is 1.41. The zero-order valence-corrected chi connectivity index (χ0v) is 17.0. The van der Waals surface area contributed by atoms with Crippen molar-refractivity contribution in [3.63, 3.8) is 0 Å². The first-order chi connectivity index (χ1) is 15.7. The van der Waals surface area contributed by atoms with Crippen LogP contribution in [-0.2, 0) is 6.42 Å². The molecule has 158 valence electrons. The number of imidazole rings is 1. The minimum Gasteiger partial charge on any atom is -0.412 e. The normalized spacial score (nSPS) is 15.8. The number of H-pyrrole nitrogens is 1. The fourth-order valence-electron chi connectivity index (χ4n) is 4.06. The highest BCUT2D eigenvalue weighted by atomic mass is 16.4. The summed E-state index contributed by atoms with van der Waals surface area (Å²) >= 11 is 0. The number of carbonyl (C=O) groups excluding carboxylic acids is 1. The number of aromatic nitrogens is 8. The molecule has 1 N–H and O–H groups in total. The van der Waals surface area contributed by atoms with Gasteiger partial charge in [-0.15, -0.1) is 10.2 Å². The summed E-state index contributed by atoms with van der Waals surface area (Å²) in [7, 11) is 0. The van der Waals surface area contributed by atoms with Gasteiger partial charge in [-0.05, 0) is 24.6 Å². The number of nitrogens with zero attached hydrogens (tertiary/aromatic N) is 8. The van der Waals surface area contributed by atoms with E-state index in [0.717, 1.165) is 28.2 Å². The molecular weight excluding hydrogens is 410 g/mol. The van der Waals surface area contributed by atoms with Gasteiger partial charge in [0.1, 0.15) is 12.4 Å². The Bertz CT molecular complexity index is 1440. The number of rotatable bonds is 3. The number of fused-ring (bicyclic) bond motifs is 2. The molecule has 0 radical (unpaired) electrons. The monoisotopic (exact) mass is 427 g/mol. The molecule has 32 heavy (non-hydrogen) atoms. The van der Waals surface area contributed by atoms with Gasteiger partial charge in [0.2, 0.25) is 0 Å². The zero-order valence-electron chi connectivity index (χ0n) is 17.0. The van der Waals surface area contributed by atoms with Crippen LogP contribution in [0.2, 0.25) is 0 Å². The van der Waals surface area contributed by atoms with E-state index in [2.05, 4.69) is 30.1 Å². The first kappa shape index (κ1) is 18.4. The van der Waals surface area contributed by atoms with Gasteiger partial charge in [0.15, 0.2) is 0 Å². The van der Waals surface area contributed by atoms with Gasteiger partial charge in [-0.25, -0.2) is 19.5 Å². The standard InChI is InChI=1S/C21H17N9O2/c1-12-3-2-5-30-16(12)7-15(28-30)18-17-14(24-11-25-17)4-6-29(18)21(31)20-27-26-19(32-20)13-8-22-10-23-9-13/h2-3,5,7-11,18H,4,6H2,1H3,(H,24,25)/t18-/m1/s1. The van der Waals surface area contributed by atoms with E-state index in [0.29, 0.717) is 18.5 Å². The van der Waals surface area contributed by atoms with Crippen molar-refractivity contribution in [2.24, 2.45) is 0 Å². The van der Waals surface area contributed by atoms with E-state index in [1.165, 1.54) is 6.33 Å². The third-order valence-corrected chi connectivity index (χ3v) is 5.61. The highest BCUT2D eigenvalue weighted by Crippen LogP contribution is 2.34. The zero-order chi connectivity index (χ0) is 21.7. The van der Waals surface area contributed by atoms with E-state index in [4.69, 9.17) is 9.52 Å². The summed E-state index contributed by atoms with van der Waals surface area (Å²) < 4.78 is 7.48. The topological polar surface area (TPSA) is 131 Å². The molecule has 0 unspecified atom stereocenters. The molecule has 0 saturated carbocycles. The Morgan fingerprint density at radius 3 is 2.97 bits per heavy atom. The van der Waals surface area contributed by atoms with Crippen LogP contribution in [0.1, 0.15) is 39.4 Å². The van der Waals surface area contributed by atoms with E-state index in [1.807, 2.05) is 35.8 Å². The van der Waals surface area contributed by atoms with Gasteiger partial charge in [-0.2, -0.15) is 5.10 Å². The lowest BCUT2D eigenvalue weighted by molar-refractivity contribution is 0.0646. The highest BCUT2D eigenvalue weighted by Gasteiger charge is 2.38. The lowest BCUT2D eigenvalue weighted by Crippen LogP contribution is -2.41. The lowest BCUT2D eigenvalue weighted by Gasteiger charge is -2.32. The molecule has 0 spiro atoms. The molecule has 1 aliphatic rings. The maximum absolute atomic E-state index is 13.5. The van der Waals surface area contributed by atoms with Crippen LogP contribution in [-0.4, -0.2) is 57.1 Å². The molecule has 1 atom stereocenters. The van der Waals surface area contributed by atoms with Crippen molar-refractivity contribution >= 4 is 11.4 Å². The molecule has 0 aliphatic carbocycles. The number of pyridine rings is 1. The first-order valence-electron chi connectivity index (χ1n) is 10.1. The predicted octanol–water partition coefficient (Wildman–Crippen LogP) is 1.99. The number of aromatic amines is 1. The lowest BCUT2D eigenvalue weighted by atomic mass is 9.99. The summed E-state index contributed by atoms with van der Waals surface area (Å²) in [6.07, 6.45) is 8.67. The average molecular weight is 427 g/mol. The van der Waals surface area contributed by atoms with E-state index in [9.17, 15) is 4.79 Å². The molecule has 0 bridgehead atoms. The Morgan fingerprint density at radius 1 is 1.25 bits per heavy atom. The minimum atomic E-state index is -0.479. The van der Waals surface area contributed by atoms with Crippen molar-refractivity contribution < 1.29 is 9.21 Å². The molecule has 6 rings (SSSR count). The number of carbonyl (C=O) groups is 1. The van der Waals surface area contributed by atoms with Crippen LogP contribution < -0.4 is 0 Å². The second-order valence-electron chi connectivity index (χ2n) is 7.55. The SMILES string of the molecule is Cc1cccn2nc([C@@H]3c4nc[nH]c4CCN3C(=O)c3nnc(-c4cncnc4)o3)cc12. The second-order valence-corrected chi connectivity index (χ2v) is 7.55. The van der Waals surface area contributed by atoms with Crippen LogP contribution in [0.3, 0.4) is 0 Å². The number of hydrogen-bond acceptors (Lipinski definition) is 8. The van der Waals surface area contributed by atoms with Crippen LogP contribution in [0.15, 0.2) is 53.9 Å². The van der Waals surface area contributed by atoms with Gasteiger partial charge in [0, 0.05) is 37.3 Å². The third kappa shape index (κ3) is 2.86. The van der Waals surface area contributed by atoms with Gasteiger partial charge < -0.3 is 14.3 Å². The Morgan fingerprint density at radius 2 is 2.12 bits per heavy atom. The van der Waals surface area contributed by atoms with Crippen LogP contribution in [0.4, 0.5) is 0 Å². The van der Waals surface area contributed by atoms with Crippen molar-refractivity contribution in [2.75, 3.05) is 6.54 Å². The number of hydrogen-bond donors (Lipinski definition) is 1. The minimum absolute atomic E-state index is 0.104. The second kappa shape index (κ2) is 7.08. The number of amides is 1. The molecule has 1 aliphatic heterocycles. The molecular formula is C21H17N9O2. The maximum Gasteiger partial charge on any atom is 0.312 e. The van der Waals surface area contributed by atoms with Crippen molar-refractivity contribution in [1.29, 1.82) is 0 Å². The van der Waals surface area contributed by atoms with Gasteiger partial charge >= 0.3 is 11.8 Å². The third-order valence-electron chi connectivity index (χ3n) is 5.61. The van der Waals surface area contributed by atoms with Crippen LogP contribution >= 0.6 is 0 Å². The summed E-state index contributed by atoms with van der Waals surface area (Å²) in [4.78, 5) is 30.7. The van der Waals surface area contributed by atoms with Gasteiger partial charge in [-0.3, -0.25) is 4.79 Å². The maximum atomic E-state index is 13.5. The van der Waals surface area contributed by atoms with Gasteiger partial charge in [-0.1, -0.05) is 6.07 Å². The molecule has 6 heterocycles. The molecule has 5 aromatic heterocycles. The van der Waals surface area contributed by atoms with Crippen molar-refractivity contribution in [3.05, 3.63) is 78.0 Å². The molecule has 5 aromatic rings. The Hall–Kier alpha value is -4.41. The largest absolute Gasteiger partial charge is 0.412 e. The average Bonchev–Trinajstić information content (AvgIpc) is 3.58. The Labute approximate surface area is 181 Å². The van der Waals surface area contributed by atoms with E-state index in [-0.39, 0.29) is 17.7 Å². The quantitative estimate of drug-likeness (QED) is 0.462. The van der Waals surface area contributed by atoms with Crippen LogP contribution in [0.5, 0.6) is 0 Å². The molecule has 11 heteroatoms. The van der Waals surface area contributed by atoms with E-state index in [1.54, 1.807) is 23.6 Å². The summed E-state index contributed by atoms with van der Waals surface area (Å²) in [5.41, 5.74) is 5.08. The molecule has 1 amide bonds. The van der Waals surface area contributed by atoms with E-state index >= 15 is 0 Å². The van der Waals surface area contributed by atoms with Gasteiger partial charge in [0.05, 0.1) is 28.8 Å². The first-order valence-corrected chi connectivity index (χ1v) is 10.1. The number of nitrogens with one attached hydrogen (secondary N) is 1. The summed E-state index contributed by atoms with van der Waals surface area (Å²) in [6, 6.07) is 5.48. The highest BCUT2D eigenvalue weighted by molar-refractivity contribution is 5.90. The van der Waals surface area contributed by atoms with E-state index < -0.39 is 6.04 Å². The van der Waals surface area contributed by atoms with Crippen molar-refractivity contribution in [3.8, 4) is 11.5 Å². The van der Waals surface area contributed by atoms with Crippen LogP contribution in [0, 0.1) is 6.92 Å². The fourth-order valence-corrected chi connectivity index (χ4v) is 4.06. The summed E-state index contributed by atoms with van der Waals surface area (Å²) in [6.45, 7) is 2.48. The molecule has 0 fully saturated rings. The summed E-state index contributed by atoms with van der Waals surface area (Å²) in [5, 5.41) is 12.7. The Kier molecular flexibility index (Phi) is 4.06. The van der Waals surface area contributed by atoms with Crippen LogP contribution in [0.25, 0.3) is 17.0 Å².